The molecule has 0 aliphatic heterocycles. The number of hydrogen-bond donors (Lipinski definition) is 0. The Morgan fingerprint density at radius 3 is 2.20 bits per heavy atom. The van der Waals surface area contributed by atoms with Gasteiger partial charge in [-0.1, -0.05) is 19.3 Å². The zero-order valence-electron chi connectivity index (χ0n) is 6.58. The molecule has 62 valence electrons. The minimum atomic E-state index is 0.344. The molecule has 1 atom stereocenters. The van der Waals surface area contributed by atoms with E-state index < -0.39 is 0 Å². The summed E-state index contributed by atoms with van der Waals surface area (Å²) in [4.78, 5) is 0. The van der Waals surface area contributed by atoms with E-state index in [0.717, 1.165) is 18.7 Å². The van der Waals surface area contributed by atoms with Crippen molar-refractivity contribution in [3.05, 3.63) is 0 Å². The van der Waals surface area contributed by atoms with E-state index in [9.17, 15) is 0 Å². The fourth-order valence-corrected chi connectivity index (χ4v) is 1.22. The van der Waals surface area contributed by atoms with Crippen LogP contribution in [0.5, 0.6) is 0 Å². The van der Waals surface area contributed by atoms with Gasteiger partial charge in [-0.25, -0.2) is 0 Å². The summed E-state index contributed by atoms with van der Waals surface area (Å²) in [6, 6.07) is 0. The Bertz CT molecular complexity index is 62.3. The molecule has 0 aromatic carbocycles. The zero-order valence-corrected chi connectivity index (χ0v) is 8.09. The van der Waals surface area contributed by atoms with Crippen molar-refractivity contribution in [2.45, 2.75) is 44.4 Å². The highest BCUT2D eigenvalue weighted by Gasteiger charge is 1.94. The molecule has 2 heteroatoms. The lowest BCUT2D eigenvalue weighted by Gasteiger charge is -2.00. The van der Waals surface area contributed by atoms with Crippen molar-refractivity contribution in [1.29, 1.82) is 0 Å². The van der Waals surface area contributed by atoms with Crippen LogP contribution in [0.1, 0.15) is 39.0 Å². The normalized spacial score (nSPS) is 13.5. The third kappa shape index (κ3) is 8.58. The molecule has 0 saturated carbocycles. The molecule has 1 unspecified atom stereocenters. The molecular weight excluding hydrogens is 167 g/mol. The van der Waals surface area contributed by atoms with Gasteiger partial charge in [0, 0.05) is 11.3 Å². The second kappa shape index (κ2) is 7.68. The van der Waals surface area contributed by atoms with Crippen LogP contribution in [0.2, 0.25) is 0 Å². The highest BCUT2D eigenvalue weighted by Crippen LogP contribution is 2.09. The topological polar surface area (TPSA) is 0 Å². The Kier molecular flexibility index (Phi) is 8.13. The quantitative estimate of drug-likeness (QED) is 0.434. The van der Waals surface area contributed by atoms with E-state index in [4.69, 9.17) is 23.2 Å². The molecule has 0 N–H and O–H groups in total. The lowest BCUT2D eigenvalue weighted by molar-refractivity contribution is 0.629. The molecule has 0 aromatic rings. The maximum Gasteiger partial charge on any atom is 0.0307 e. The van der Waals surface area contributed by atoms with Gasteiger partial charge in [0.15, 0.2) is 0 Å². The number of unbranched alkanes of at least 4 members (excludes halogenated alkanes) is 3. The van der Waals surface area contributed by atoms with Crippen molar-refractivity contribution in [3.63, 3.8) is 0 Å². The van der Waals surface area contributed by atoms with E-state index in [0.29, 0.717) is 5.38 Å². The number of hydrogen-bond acceptors (Lipinski definition) is 0. The van der Waals surface area contributed by atoms with E-state index in [1.165, 1.54) is 19.3 Å². The van der Waals surface area contributed by atoms with Crippen LogP contribution in [0.25, 0.3) is 0 Å². The van der Waals surface area contributed by atoms with Crippen LogP contribution in [0.15, 0.2) is 0 Å². The van der Waals surface area contributed by atoms with Gasteiger partial charge in [0.05, 0.1) is 0 Å². The van der Waals surface area contributed by atoms with Crippen molar-refractivity contribution >= 4 is 23.2 Å². The Morgan fingerprint density at radius 1 is 1.10 bits per heavy atom. The summed E-state index contributed by atoms with van der Waals surface area (Å²) >= 11 is 11.3. The molecule has 0 aliphatic rings. The van der Waals surface area contributed by atoms with Gasteiger partial charge < -0.3 is 0 Å². The predicted octanol–water partition coefficient (Wildman–Crippen LogP) is 3.80. The predicted molar refractivity (Wildman–Crippen MR) is 49.1 cm³/mol. The van der Waals surface area contributed by atoms with Gasteiger partial charge in [-0.05, 0) is 19.8 Å². The third-order valence-electron chi connectivity index (χ3n) is 1.49. The van der Waals surface area contributed by atoms with Gasteiger partial charge in [0.1, 0.15) is 0 Å². The van der Waals surface area contributed by atoms with Crippen LogP contribution in [-0.2, 0) is 0 Å². The first-order chi connectivity index (χ1) is 4.77. The van der Waals surface area contributed by atoms with Crippen molar-refractivity contribution in [2.75, 3.05) is 5.88 Å². The van der Waals surface area contributed by atoms with Gasteiger partial charge in [-0.2, -0.15) is 0 Å². The Hall–Kier alpha value is 0.580. The van der Waals surface area contributed by atoms with E-state index in [1.807, 2.05) is 6.92 Å². The van der Waals surface area contributed by atoms with E-state index in [1.54, 1.807) is 0 Å². The van der Waals surface area contributed by atoms with Crippen LogP contribution in [-0.4, -0.2) is 11.3 Å². The Labute approximate surface area is 73.9 Å². The summed E-state index contributed by atoms with van der Waals surface area (Å²) in [6.45, 7) is 2.04. The number of alkyl halides is 2. The first kappa shape index (κ1) is 10.6. The van der Waals surface area contributed by atoms with Crippen LogP contribution in [0.4, 0.5) is 0 Å². The molecule has 0 nitrogen and oxygen atoms in total. The summed E-state index contributed by atoms with van der Waals surface area (Å²) in [5.74, 6) is 0.802. The Balaban J connectivity index is 2.77. The largest absolute Gasteiger partial charge is 0.127 e. The smallest absolute Gasteiger partial charge is 0.0307 e. The molecule has 0 fully saturated rings. The lowest BCUT2D eigenvalue weighted by Crippen LogP contribution is -1.89. The first-order valence-corrected chi connectivity index (χ1v) is 4.94. The monoisotopic (exact) mass is 182 g/mol. The van der Waals surface area contributed by atoms with Crippen molar-refractivity contribution in [3.8, 4) is 0 Å². The average molecular weight is 183 g/mol. The maximum atomic E-state index is 5.76. The number of rotatable bonds is 6. The number of halogens is 2. The third-order valence-corrected chi connectivity index (χ3v) is 1.97. The fourth-order valence-electron chi connectivity index (χ4n) is 0.874. The van der Waals surface area contributed by atoms with E-state index in [2.05, 4.69) is 0 Å². The molecule has 10 heavy (non-hydrogen) atoms. The molecule has 0 aromatic heterocycles. The van der Waals surface area contributed by atoms with E-state index in [-0.39, 0.29) is 0 Å². The van der Waals surface area contributed by atoms with Gasteiger partial charge in [0.25, 0.3) is 0 Å². The molecule has 0 amide bonds. The first-order valence-electron chi connectivity index (χ1n) is 3.97. The minimum Gasteiger partial charge on any atom is -0.127 e. The molecule has 0 aliphatic carbocycles. The standard InChI is InChI=1S/C8H16Cl2/c1-8(10)6-4-2-3-5-7-9/h8H,2-7H2,1H3. The van der Waals surface area contributed by atoms with Crippen molar-refractivity contribution in [2.24, 2.45) is 0 Å². The molecule has 0 rings (SSSR count). The highest BCUT2D eigenvalue weighted by molar-refractivity contribution is 6.20. The van der Waals surface area contributed by atoms with Gasteiger partial charge in [0.2, 0.25) is 0 Å². The summed E-state index contributed by atoms with van der Waals surface area (Å²) < 4.78 is 0. The van der Waals surface area contributed by atoms with Gasteiger partial charge in [-0.3, -0.25) is 0 Å². The second-order valence-electron chi connectivity index (χ2n) is 2.67. The highest BCUT2D eigenvalue weighted by atomic mass is 35.5. The van der Waals surface area contributed by atoms with Crippen molar-refractivity contribution < 1.29 is 0 Å². The summed E-state index contributed by atoms with van der Waals surface area (Å²) in [7, 11) is 0. The van der Waals surface area contributed by atoms with E-state index >= 15 is 0 Å². The minimum absolute atomic E-state index is 0.344. The molecule has 0 bridgehead atoms. The van der Waals surface area contributed by atoms with Gasteiger partial charge in [-0.15, -0.1) is 23.2 Å². The molecular formula is C8H16Cl2. The molecule has 0 heterocycles. The molecule has 0 radical (unpaired) electrons. The van der Waals surface area contributed by atoms with Crippen LogP contribution < -0.4 is 0 Å². The van der Waals surface area contributed by atoms with Gasteiger partial charge >= 0.3 is 0 Å². The zero-order chi connectivity index (χ0) is 7.82. The summed E-state index contributed by atoms with van der Waals surface area (Å²) in [6.07, 6.45) is 6.08. The lowest BCUT2D eigenvalue weighted by atomic mass is 10.1. The summed E-state index contributed by atoms with van der Waals surface area (Å²) in [5, 5.41) is 0.344. The summed E-state index contributed by atoms with van der Waals surface area (Å²) in [5.41, 5.74) is 0. The SMILES string of the molecule is CC(Cl)CCCCCCCl. The fraction of sp³-hybridized carbons (Fsp3) is 1.00. The maximum absolute atomic E-state index is 5.76. The van der Waals surface area contributed by atoms with Crippen molar-refractivity contribution in [1.82, 2.24) is 0 Å². The van der Waals surface area contributed by atoms with Crippen LogP contribution in [0.3, 0.4) is 0 Å². The van der Waals surface area contributed by atoms with Crippen LogP contribution in [0, 0.1) is 0 Å². The molecule has 0 spiro atoms. The molecule has 0 saturated heterocycles. The van der Waals surface area contributed by atoms with Crippen LogP contribution >= 0.6 is 23.2 Å². The Morgan fingerprint density at radius 2 is 1.70 bits per heavy atom. The average Bonchev–Trinajstić information content (AvgIpc) is 1.87. The second-order valence-corrected chi connectivity index (χ2v) is 3.80.